The maximum Gasteiger partial charge on any atom is 0.327 e. The highest BCUT2D eigenvalue weighted by atomic mass is 16.2. The van der Waals surface area contributed by atoms with E-state index in [1.807, 2.05) is 6.07 Å². The van der Waals surface area contributed by atoms with Gasteiger partial charge in [0.15, 0.2) is 0 Å². The van der Waals surface area contributed by atoms with Gasteiger partial charge in [0.25, 0.3) is 5.91 Å². The number of amides is 3. The molecule has 3 heterocycles. The summed E-state index contributed by atoms with van der Waals surface area (Å²) in [5.74, 6) is 0.0336. The van der Waals surface area contributed by atoms with Crippen LogP contribution in [0.25, 0.3) is 0 Å². The van der Waals surface area contributed by atoms with Crippen molar-refractivity contribution in [1.29, 1.82) is 0 Å². The van der Waals surface area contributed by atoms with Crippen molar-refractivity contribution in [1.82, 2.24) is 14.7 Å². The first-order valence-corrected chi connectivity index (χ1v) is 8.57. The van der Waals surface area contributed by atoms with Crippen LogP contribution >= 0.6 is 0 Å². The zero-order chi connectivity index (χ0) is 16.0. The number of urea groups is 1. The fourth-order valence-electron chi connectivity index (χ4n) is 4.28. The Morgan fingerprint density at radius 3 is 2.70 bits per heavy atom. The number of nitrogens with zero attached hydrogens (tertiary/aromatic N) is 3. The first-order valence-electron chi connectivity index (χ1n) is 8.57. The molecular weight excluding hydrogens is 290 g/mol. The molecule has 3 fully saturated rings. The Hall–Kier alpha value is -1.88. The molecule has 0 aromatic heterocycles. The minimum Gasteiger partial charge on any atom is -0.312 e. The van der Waals surface area contributed by atoms with Crippen LogP contribution in [0, 0.1) is 0 Å². The van der Waals surface area contributed by atoms with Crippen molar-refractivity contribution in [3.63, 3.8) is 0 Å². The quantitative estimate of drug-likeness (QED) is 0.803. The van der Waals surface area contributed by atoms with Crippen LogP contribution in [-0.4, -0.2) is 57.9 Å². The molecule has 3 aliphatic heterocycles. The number of hydrogen-bond donors (Lipinski definition) is 0. The molecule has 5 nitrogen and oxygen atoms in total. The lowest BCUT2D eigenvalue weighted by atomic mass is 10.1. The highest BCUT2D eigenvalue weighted by molar-refractivity contribution is 6.05. The Morgan fingerprint density at radius 1 is 1.17 bits per heavy atom. The summed E-state index contributed by atoms with van der Waals surface area (Å²) in [4.78, 5) is 30.9. The van der Waals surface area contributed by atoms with E-state index in [0.717, 1.165) is 38.9 Å². The van der Waals surface area contributed by atoms with Gasteiger partial charge in [0.2, 0.25) is 0 Å². The molecule has 0 aliphatic carbocycles. The number of imide groups is 1. The summed E-state index contributed by atoms with van der Waals surface area (Å²) in [6, 6.07) is 10.6. The first kappa shape index (κ1) is 14.7. The molecule has 0 N–H and O–H groups in total. The highest BCUT2D eigenvalue weighted by Crippen LogP contribution is 2.33. The van der Waals surface area contributed by atoms with E-state index >= 15 is 0 Å². The Morgan fingerprint density at radius 2 is 1.96 bits per heavy atom. The van der Waals surface area contributed by atoms with Gasteiger partial charge in [-0.25, -0.2) is 4.79 Å². The van der Waals surface area contributed by atoms with Crippen LogP contribution in [-0.2, 0) is 11.3 Å². The second-order valence-electron chi connectivity index (χ2n) is 7.00. The molecule has 5 heteroatoms. The lowest BCUT2D eigenvalue weighted by Crippen LogP contribution is -2.43. The van der Waals surface area contributed by atoms with Gasteiger partial charge < -0.3 is 4.90 Å². The number of rotatable bonds is 3. The first-order chi connectivity index (χ1) is 11.1. The lowest BCUT2D eigenvalue weighted by Gasteiger charge is -2.23. The highest BCUT2D eigenvalue weighted by Gasteiger charge is 2.51. The van der Waals surface area contributed by atoms with Gasteiger partial charge in [-0.1, -0.05) is 30.3 Å². The zero-order valence-corrected chi connectivity index (χ0v) is 13.5. The zero-order valence-electron chi connectivity index (χ0n) is 13.5. The predicted octanol–water partition coefficient (Wildman–Crippen LogP) is 2.08. The van der Waals surface area contributed by atoms with E-state index in [-0.39, 0.29) is 24.0 Å². The molecule has 122 valence electrons. The third kappa shape index (κ3) is 2.43. The number of benzene rings is 1. The lowest BCUT2D eigenvalue weighted by molar-refractivity contribution is -0.129. The second kappa shape index (κ2) is 5.64. The summed E-state index contributed by atoms with van der Waals surface area (Å²) in [7, 11) is 0. The largest absolute Gasteiger partial charge is 0.327 e. The Labute approximate surface area is 136 Å². The van der Waals surface area contributed by atoms with Gasteiger partial charge in [-0.2, -0.15) is 0 Å². The van der Waals surface area contributed by atoms with Gasteiger partial charge >= 0.3 is 6.03 Å². The van der Waals surface area contributed by atoms with E-state index in [4.69, 9.17) is 0 Å². The van der Waals surface area contributed by atoms with Crippen LogP contribution in [0.1, 0.15) is 31.7 Å². The van der Waals surface area contributed by atoms with Crippen LogP contribution in [0.2, 0.25) is 0 Å². The average Bonchev–Trinajstić information content (AvgIpc) is 3.21. The summed E-state index contributed by atoms with van der Waals surface area (Å²) < 4.78 is 0. The molecular formula is C18H23N3O2. The molecule has 0 radical (unpaired) electrons. The minimum atomic E-state index is -0.180. The van der Waals surface area contributed by atoms with E-state index in [2.05, 4.69) is 36.1 Å². The minimum absolute atomic E-state index is 0.0271. The van der Waals surface area contributed by atoms with Crippen LogP contribution in [0.3, 0.4) is 0 Å². The molecule has 0 unspecified atom stereocenters. The average molecular weight is 313 g/mol. The molecule has 1 aromatic carbocycles. The van der Waals surface area contributed by atoms with E-state index in [1.54, 1.807) is 9.80 Å². The standard InChI is InChI=1S/C18H23N3O2/c1-13-10-15(12-19(13)11-14-6-3-2-4-7-14)21-17(22)16-8-5-9-20(16)18(21)23/h2-4,6-7,13,15-16H,5,8-12H2,1H3/t13-,15+,16+/m0/s1. The van der Waals surface area contributed by atoms with Gasteiger partial charge in [-0.3, -0.25) is 14.6 Å². The molecule has 3 atom stereocenters. The Kier molecular flexibility index (Phi) is 3.60. The van der Waals surface area contributed by atoms with Gasteiger partial charge in [0.1, 0.15) is 6.04 Å². The summed E-state index contributed by atoms with van der Waals surface area (Å²) >= 11 is 0. The molecule has 4 rings (SSSR count). The van der Waals surface area contributed by atoms with Gasteiger partial charge in [0, 0.05) is 25.7 Å². The van der Waals surface area contributed by atoms with E-state index < -0.39 is 0 Å². The number of carbonyl (C=O) groups is 2. The van der Waals surface area contributed by atoms with Gasteiger partial charge in [-0.15, -0.1) is 0 Å². The maximum atomic E-state index is 12.6. The normalized spacial score (nSPS) is 31.3. The van der Waals surface area contributed by atoms with Crippen LogP contribution in [0.15, 0.2) is 30.3 Å². The van der Waals surface area contributed by atoms with E-state index in [1.165, 1.54) is 5.56 Å². The number of fused-ring (bicyclic) bond motifs is 1. The number of hydrogen-bond acceptors (Lipinski definition) is 3. The second-order valence-corrected chi connectivity index (χ2v) is 7.00. The van der Waals surface area contributed by atoms with Crippen molar-refractivity contribution in [2.75, 3.05) is 13.1 Å². The SMILES string of the molecule is C[C@H]1C[C@@H](N2C(=O)[C@H]3CCCN3C2=O)CN1Cc1ccccc1. The van der Waals surface area contributed by atoms with Crippen molar-refractivity contribution in [3.8, 4) is 0 Å². The number of likely N-dealkylation sites (tertiary alicyclic amines) is 1. The van der Waals surface area contributed by atoms with Crippen molar-refractivity contribution in [2.45, 2.75) is 50.9 Å². The molecule has 0 saturated carbocycles. The Balaban J connectivity index is 1.47. The summed E-state index contributed by atoms with van der Waals surface area (Å²) in [6.07, 6.45) is 2.67. The molecule has 3 saturated heterocycles. The van der Waals surface area contributed by atoms with Crippen molar-refractivity contribution in [3.05, 3.63) is 35.9 Å². The molecule has 3 amide bonds. The third-order valence-electron chi connectivity index (χ3n) is 5.50. The Bertz CT molecular complexity index is 596. The monoisotopic (exact) mass is 313 g/mol. The third-order valence-corrected chi connectivity index (χ3v) is 5.50. The fraction of sp³-hybridized carbons (Fsp3) is 0.556. The molecule has 0 spiro atoms. The van der Waals surface area contributed by atoms with Gasteiger partial charge in [-0.05, 0) is 31.7 Å². The fourth-order valence-corrected chi connectivity index (χ4v) is 4.28. The van der Waals surface area contributed by atoms with E-state index in [9.17, 15) is 9.59 Å². The van der Waals surface area contributed by atoms with Crippen LogP contribution < -0.4 is 0 Å². The molecule has 23 heavy (non-hydrogen) atoms. The summed E-state index contributed by atoms with van der Waals surface area (Å²) in [5, 5.41) is 0. The predicted molar refractivity (Wildman–Crippen MR) is 86.7 cm³/mol. The van der Waals surface area contributed by atoms with Crippen molar-refractivity contribution in [2.24, 2.45) is 0 Å². The molecule has 0 bridgehead atoms. The number of carbonyl (C=O) groups excluding carboxylic acids is 2. The summed E-state index contributed by atoms with van der Waals surface area (Å²) in [6.45, 7) is 4.59. The van der Waals surface area contributed by atoms with E-state index in [0.29, 0.717) is 6.04 Å². The topological polar surface area (TPSA) is 43.9 Å². The molecule has 1 aromatic rings. The summed E-state index contributed by atoms with van der Waals surface area (Å²) in [5.41, 5.74) is 1.28. The van der Waals surface area contributed by atoms with Crippen LogP contribution in [0.5, 0.6) is 0 Å². The van der Waals surface area contributed by atoms with Crippen molar-refractivity contribution >= 4 is 11.9 Å². The molecule has 3 aliphatic rings. The van der Waals surface area contributed by atoms with Gasteiger partial charge in [0.05, 0.1) is 6.04 Å². The maximum absolute atomic E-state index is 12.6. The van der Waals surface area contributed by atoms with Crippen LogP contribution in [0.4, 0.5) is 4.79 Å². The smallest absolute Gasteiger partial charge is 0.312 e. The van der Waals surface area contributed by atoms with Crippen molar-refractivity contribution < 1.29 is 9.59 Å².